The van der Waals surface area contributed by atoms with Gasteiger partial charge >= 0.3 is 5.97 Å². The molecule has 27 heavy (non-hydrogen) atoms. The lowest BCUT2D eigenvalue weighted by Gasteiger charge is -2.29. The summed E-state index contributed by atoms with van der Waals surface area (Å²) in [7, 11) is 0. The SMILES string of the molecule is C=C(/C=C\C(=C/C)C(C)(C)C)OC(C)(Cc1ccc(O)cc1)C(=O)OCC. The number of carbonyl (C=O) groups excluding carboxylic acids is 1. The highest BCUT2D eigenvalue weighted by Crippen LogP contribution is 2.28. The summed E-state index contributed by atoms with van der Waals surface area (Å²) < 4.78 is 11.2. The van der Waals surface area contributed by atoms with E-state index in [1.165, 1.54) is 0 Å². The molecule has 0 amide bonds. The highest BCUT2D eigenvalue weighted by atomic mass is 16.6. The Kier molecular flexibility index (Phi) is 7.89. The molecule has 148 valence electrons. The van der Waals surface area contributed by atoms with Crippen LogP contribution in [-0.4, -0.2) is 23.3 Å². The van der Waals surface area contributed by atoms with Gasteiger partial charge in [-0.2, -0.15) is 0 Å². The van der Waals surface area contributed by atoms with Crippen LogP contribution >= 0.6 is 0 Å². The summed E-state index contributed by atoms with van der Waals surface area (Å²) in [6, 6.07) is 6.67. The smallest absolute Gasteiger partial charge is 0.350 e. The van der Waals surface area contributed by atoms with Crippen molar-refractivity contribution in [3.63, 3.8) is 0 Å². The number of carbonyl (C=O) groups is 1. The topological polar surface area (TPSA) is 55.8 Å². The third-order valence-electron chi connectivity index (χ3n) is 4.17. The predicted molar refractivity (Wildman–Crippen MR) is 109 cm³/mol. The van der Waals surface area contributed by atoms with E-state index in [1.54, 1.807) is 44.2 Å². The molecule has 4 heteroatoms. The fourth-order valence-corrected chi connectivity index (χ4v) is 2.72. The average Bonchev–Trinajstić information content (AvgIpc) is 2.56. The van der Waals surface area contributed by atoms with Crippen LogP contribution in [-0.2, 0) is 20.7 Å². The van der Waals surface area contributed by atoms with Gasteiger partial charge in [0.05, 0.1) is 6.61 Å². The molecule has 1 N–H and O–H groups in total. The van der Waals surface area contributed by atoms with Gasteiger partial charge in [-0.1, -0.05) is 51.6 Å². The zero-order chi connectivity index (χ0) is 20.7. The first-order valence-corrected chi connectivity index (χ1v) is 9.19. The summed E-state index contributed by atoms with van der Waals surface area (Å²) in [5.74, 6) is 0.105. The average molecular weight is 373 g/mol. The third-order valence-corrected chi connectivity index (χ3v) is 4.17. The number of esters is 1. The second-order valence-corrected chi connectivity index (χ2v) is 7.69. The Balaban J connectivity index is 3.01. The van der Waals surface area contributed by atoms with Crippen LogP contribution in [0.5, 0.6) is 5.75 Å². The molecular weight excluding hydrogens is 340 g/mol. The van der Waals surface area contributed by atoms with E-state index in [0.29, 0.717) is 12.2 Å². The molecule has 0 spiro atoms. The number of benzene rings is 1. The maximum atomic E-state index is 12.6. The molecule has 0 aliphatic carbocycles. The second-order valence-electron chi connectivity index (χ2n) is 7.69. The quantitative estimate of drug-likeness (QED) is 0.380. The van der Waals surface area contributed by atoms with Crippen molar-refractivity contribution in [3.05, 3.63) is 66.0 Å². The van der Waals surface area contributed by atoms with Crippen LogP contribution in [0.2, 0.25) is 0 Å². The number of phenolic OH excluding ortho intramolecular Hbond substituents is 1. The Bertz CT molecular complexity index is 705. The molecule has 0 saturated carbocycles. The van der Waals surface area contributed by atoms with Crippen LogP contribution in [0, 0.1) is 5.41 Å². The lowest BCUT2D eigenvalue weighted by atomic mass is 9.86. The maximum absolute atomic E-state index is 12.6. The first kappa shape index (κ1) is 22.6. The van der Waals surface area contributed by atoms with Gasteiger partial charge in [-0.15, -0.1) is 0 Å². The van der Waals surface area contributed by atoms with E-state index in [2.05, 4.69) is 27.4 Å². The van der Waals surface area contributed by atoms with Crippen molar-refractivity contribution in [3.8, 4) is 5.75 Å². The number of hydrogen-bond donors (Lipinski definition) is 1. The summed E-state index contributed by atoms with van der Waals surface area (Å²) in [5, 5.41) is 9.45. The summed E-state index contributed by atoms with van der Waals surface area (Å²) in [6.45, 7) is 16.0. The van der Waals surface area contributed by atoms with Gasteiger partial charge in [0.25, 0.3) is 0 Å². The van der Waals surface area contributed by atoms with E-state index < -0.39 is 11.6 Å². The van der Waals surface area contributed by atoms with Crippen molar-refractivity contribution in [1.29, 1.82) is 0 Å². The summed E-state index contributed by atoms with van der Waals surface area (Å²) in [6.07, 6.45) is 6.07. The van der Waals surface area contributed by atoms with Crippen LogP contribution < -0.4 is 0 Å². The van der Waals surface area contributed by atoms with Gasteiger partial charge in [-0.25, -0.2) is 4.79 Å². The molecule has 4 nitrogen and oxygen atoms in total. The summed E-state index contributed by atoms with van der Waals surface area (Å²) in [5.41, 5.74) is 0.779. The van der Waals surface area contributed by atoms with E-state index in [4.69, 9.17) is 9.47 Å². The fraction of sp³-hybridized carbons (Fsp3) is 0.435. The Labute approximate surface area is 163 Å². The Morgan fingerprint density at radius 3 is 2.22 bits per heavy atom. The van der Waals surface area contributed by atoms with Crippen LogP contribution in [0.1, 0.15) is 47.1 Å². The molecule has 0 aliphatic heterocycles. The second kappa shape index (κ2) is 9.45. The van der Waals surface area contributed by atoms with E-state index in [9.17, 15) is 9.90 Å². The third kappa shape index (κ3) is 6.97. The Morgan fingerprint density at radius 2 is 1.74 bits per heavy atom. The Hall–Kier alpha value is -2.49. The van der Waals surface area contributed by atoms with Gasteiger partial charge in [0, 0.05) is 6.42 Å². The number of rotatable bonds is 8. The van der Waals surface area contributed by atoms with Gasteiger partial charge in [0.2, 0.25) is 5.60 Å². The van der Waals surface area contributed by atoms with Crippen molar-refractivity contribution in [1.82, 2.24) is 0 Å². The monoisotopic (exact) mass is 372 g/mol. The highest BCUT2D eigenvalue weighted by Gasteiger charge is 2.37. The van der Waals surface area contributed by atoms with Crippen molar-refractivity contribution < 1.29 is 19.4 Å². The summed E-state index contributed by atoms with van der Waals surface area (Å²) in [4.78, 5) is 12.6. The molecule has 0 heterocycles. The van der Waals surface area contributed by atoms with Crippen molar-refractivity contribution in [2.75, 3.05) is 6.61 Å². The number of aromatic hydroxyl groups is 1. The van der Waals surface area contributed by atoms with Crippen LogP contribution in [0.15, 0.2) is 60.4 Å². The molecule has 0 saturated heterocycles. The van der Waals surface area contributed by atoms with Crippen LogP contribution in [0.3, 0.4) is 0 Å². The number of phenols is 1. The number of hydrogen-bond acceptors (Lipinski definition) is 4. The Morgan fingerprint density at radius 1 is 1.15 bits per heavy atom. The highest BCUT2D eigenvalue weighted by molar-refractivity contribution is 5.79. The zero-order valence-electron chi connectivity index (χ0n) is 17.3. The molecule has 1 unspecified atom stereocenters. The first-order chi connectivity index (χ1) is 12.5. The van der Waals surface area contributed by atoms with Crippen molar-refractivity contribution in [2.45, 2.75) is 53.6 Å². The minimum absolute atomic E-state index is 0.00200. The van der Waals surface area contributed by atoms with E-state index in [1.807, 2.05) is 19.1 Å². The number of ether oxygens (including phenoxy) is 2. The van der Waals surface area contributed by atoms with Gasteiger partial charge in [0.15, 0.2) is 0 Å². The lowest BCUT2D eigenvalue weighted by Crippen LogP contribution is -2.41. The van der Waals surface area contributed by atoms with Crippen LogP contribution in [0.25, 0.3) is 0 Å². The normalized spacial score (nSPS) is 14.7. The molecule has 1 aromatic carbocycles. The fourth-order valence-electron chi connectivity index (χ4n) is 2.72. The van der Waals surface area contributed by atoms with E-state index >= 15 is 0 Å². The van der Waals surface area contributed by atoms with Gasteiger partial charge in [-0.3, -0.25) is 0 Å². The van der Waals surface area contributed by atoms with Gasteiger partial charge in [0.1, 0.15) is 11.5 Å². The number of allylic oxidation sites excluding steroid dienone is 4. The van der Waals surface area contributed by atoms with Crippen LogP contribution in [0.4, 0.5) is 0 Å². The molecule has 1 rings (SSSR count). The molecule has 0 fully saturated rings. The van der Waals surface area contributed by atoms with E-state index in [0.717, 1.165) is 11.1 Å². The standard InChI is InChI=1S/C23H32O4/c1-8-19(22(4,5)6)13-10-17(3)27-23(7,21(25)26-9-2)16-18-11-14-20(24)15-12-18/h8,10-15,24H,3,9,16H2,1-2,4-7H3/b13-10-,19-8+. The van der Waals surface area contributed by atoms with Gasteiger partial charge < -0.3 is 14.6 Å². The minimum atomic E-state index is -1.22. The molecule has 0 radical (unpaired) electrons. The minimum Gasteiger partial charge on any atom is -0.508 e. The first-order valence-electron chi connectivity index (χ1n) is 9.19. The maximum Gasteiger partial charge on any atom is 0.350 e. The van der Waals surface area contributed by atoms with Crippen molar-refractivity contribution >= 4 is 5.97 Å². The molecule has 0 aromatic heterocycles. The summed E-state index contributed by atoms with van der Waals surface area (Å²) >= 11 is 0. The molecular formula is C23H32O4. The lowest BCUT2D eigenvalue weighted by molar-refractivity contribution is -0.164. The van der Waals surface area contributed by atoms with E-state index in [-0.39, 0.29) is 17.8 Å². The molecule has 1 aromatic rings. The molecule has 0 bridgehead atoms. The molecule has 0 aliphatic rings. The zero-order valence-corrected chi connectivity index (χ0v) is 17.3. The predicted octanol–water partition coefficient (Wildman–Crippen LogP) is 5.34. The van der Waals surface area contributed by atoms with Gasteiger partial charge in [-0.05, 0) is 55.5 Å². The largest absolute Gasteiger partial charge is 0.508 e. The van der Waals surface area contributed by atoms with Crippen molar-refractivity contribution in [2.24, 2.45) is 5.41 Å². The molecule has 1 atom stereocenters.